The monoisotopic (exact) mass is 430 g/mol. The second kappa shape index (κ2) is 7.97. The number of rotatable bonds is 3. The van der Waals surface area contributed by atoms with E-state index in [1.165, 1.54) is 17.1 Å². The Bertz CT molecular complexity index is 1190. The summed E-state index contributed by atoms with van der Waals surface area (Å²) in [6.45, 7) is 3.94. The van der Waals surface area contributed by atoms with E-state index in [0.717, 1.165) is 0 Å². The van der Waals surface area contributed by atoms with Crippen molar-refractivity contribution in [3.63, 3.8) is 0 Å². The third-order valence-corrected chi connectivity index (χ3v) is 5.83. The van der Waals surface area contributed by atoms with Crippen molar-refractivity contribution in [1.29, 1.82) is 5.26 Å². The van der Waals surface area contributed by atoms with Crippen LogP contribution in [0.25, 0.3) is 0 Å². The van der Waals surface area contributed by atoms with Crippen molar-refractivity contribution in [2.45, 2.75) is 32.6 Å². The zero-order valence-electron chi connectivity index (χ0n) is 17.9. The first-order valence-corrected chi connectivity index (χ1v) is 10.3. The number of ketones is 1. The predicted molar refractivity (Wildman–Crippen MR) is 117 cm³/mol. The molecule has 0 bridgehead atoms. The minimum atomic E-state index is -0.718. The fraction of sp³-hybridized carbons (Fsp3) is 0.240. The number of benzene rings is 2. The molecule has 1 amide bonds. The molecule has 4 rings (SSSR count). The van der Waals surface area contributed by atoms with E-state index < -0.39 is 17.6 Å². The summed E-state index contributed by atoms with van der Waals surface area (Å²) in [6, 6.07) is 16.4. The van der Waals surface area contributed by atoms with Gasteiger partial charge in [-0.3, -0.25) is 15.0 Å². The van der Waals surface area contributed by atoms with Crippen LogP contribution < -0.4 is 11.2 Å². The number of hydrogen-bond donors (Lipinski definition) is 2. The number of nitrogens with two attached hydrogens (primary N) is 1. The highest BCUT2D eigenvalue weighted by molar-refractivity contribution is 6.00. The Kier molecular flexibility index (Phi) is 5.31. The number of Topliss-reactive ketones (excluding diaryl/α,β-unsaturated/α-hetero) is 1. The number of nitrogens with zero attached hydrogens (tertiary/aromatic N) is 2. The lowest BCUT2D eigenvalue weighted by Crippen LogP contribution is -2.49. The summed E-state index contributed by atoms with van der Waals surface area (Å²) in [7, 11) is 0. The Labute approximate surface area is 185 Å². The lowest BCUT2D eigenvalue weighted by atomic mass is 9.69. The minimum absolute atomic E-state index is 0.0513. The Morgan fingerprint density at radius 3 is 2.44 bits per heavy atom. The number of nitriles is 1. The summed E-state index contributed by atoms with van der Waals surface area (Å²) in [5, 5.41) is 11.3. The second-order valence-electron chi connectivity index (χ2n) is 8.84. The zero-order chi connectivity index (χ0) is 23.0. The topological polar surface area (TPSA) is 99.2 Å². The van der Waals surface area contributed by atoms with Crippen molar-refractivity contribution in [2.24, 2.45) is 11.1 Å². The maximum Gasteiger partial charge on any atom is 0.270 e. The molecule has 2 aliphatic rings. The van der Waals surface area contributed by atoms with E-state index in [0.29, 0.717) is 35.2 Å². The lowest BCUT2D eigenvalue weighted by Gasteiger charge is -2.43. The van der Waals surface area contributed by atoms with Crippen LogP contribution in [-0.2, 0) is 4.79 Å². The van der Waals surface area contributed by atoms with Crippen LogP contribution in [0.4, 0.5) is 4.39 Å². The van der Waals surface area contributed by atoms with Crippen molar-refractivity contribution in [3.05, 3.63) is 94.2 Å². The van der Waals surface area contributed by atoms with Crippen LogP contribution in [0.1, 0.15) is 48.5 Å². The van der Waals surface area contributed by atoms with E-state index in [1.54, 1.807) is 42.5 Å². The number of allylic oxidation sites excluding steroid dienone is 3. The average Bonchev–Trinajstić information content (AvgIpc) is 2.76. The molecule has 2 aromatic carbocycles. The molecule has 32 heavy (non-hydrogen) atoms. The fourth-order valence-electron chi connectivity index (χ4n) is 4.38. The molecular formula is C25H23FN4O2. The molecule has 1 atom stereocenters. The number of halogens is 1. The zero-order valence-corrected chi connectivity index (χ0v) is 17.9. The van der Waals surface area contributed by atoms with Gasteiger partial charge in [-0.2, -0.15) is 5.26 Å². The maximum atomic E-state index is 13.6. The van der Waals surface area contributed by atoms with Crippen LogP contribution in [0.2, 0.25) is 0 Å². The first kappa shape index (κ1) is 21.3. The summed E-state index contributed by atoms with van der Waals surface area (Å²) in [4.78, 5) is 26.2. The Morgan fingerprint density at radius 1 is 1.16 bits per heavy atom. The average molecular weight is 430 g/mol. The van der Waals surface area contributed by atoms with Crippen LogP contribution in [-0.4, -0.2) is 16.7 Å². The van der Waals surface area contributed by atoms with E-state index in [9.17, 15) is 19.2 Å². The van der Waals surface area contributed by atoms with Gasteiger partial charge >= 0.3 is 0 Å². The number of carbonyl (C=O) groups excluding carboxylic acids is 2. The van der Waals surface area contributed by atoms with Gasteiger partial charge in [-0.05, 0) is 41.7 Å². The van der Waals surface area contributed by atoms with E-state index in [1.807, 2.05) is 13.8 Å². The normalized spacial score (nSPS) is 20.0. The van der Waals surface area contributed by atoms with Gasteiger partial charge in [0, 0.05) is 17.6 Å². The third-order valence-electron chi connectivity index (χ3n) is 5.83. The molecule has 1 aliphatic carbocycles. The highest BCUT2D eigenvalue weighted by Gasteiger charge is 2.44. The molecule has 0 radical (unpaired) electrons. The van der Waals surface area contributed by atoms with Crippen molar-refractivity contribution < 1.29 is 14.0 Å². The molecule has 0 spiro atoms. The number of carbonyl (C=O) groups is 2. The van der Waals surface area contributed by atoms with Gasteiger partial charge < -0.3 is 5.73 Å². The van der Waals surface area contributed by atoms with Crippen molar-refractivity contribution in [2.75, 3.05) is 0 Å². The van der Waals surface area contributed by atoms with Crippen LogP contribution in [0, 0.1) is 22.6 Å². The molecule has 1 aliphatic heterocycles. The van der Waals surface area contributed by atoms with Gasteiger partial charge in [-0.1, -0.05) is 44.2 Å². The first-order valence-electron chi connectivity index (χ1n) is 10.3. The van der Waals surface area contributed by atoms with E-state index in [4.69, 9.17) is 5.73 Å². The van der Waals surface area contributed by atoms with Crippen LogP contribution in [0.3, 0.4) is 0 Å². The van der Waals surface area contributed by atoms with E-state index >= 15 is 0 Å². The molecule has 7 heteroatoms. The quantitative estimate of drug-likeness (QED) is 0.769. The lowest BCUT2D eigenvalue weighted by molar-refractivity contribution is -0.118. The predicted octanol–water partition coefficient (Wildman–Crippen LogP) is 3.91. The highest BCUT2D eigenvalue weighted by Crippen LogP contribution is 2.48. The van der Waals surface area contributed by atoms with E-state index in [2.05, 4.69) is 11.5 Å². The van der Waals surface area contributed by atoms with Gasteiger partial charge in [-0.25, -0.2) is 9.40 Å². The van der Waals surface area contributed by atoms with Crippen LogP contribution >= 0.6 is 0 Å². The van der Waals surface area contributed by atoms with Gasteiger partial charge in [0.15, 0.2) is 5.78 Å². The summed E-state index contributed by atoms with van der Waals surface area (Å²) in [5.41, 5.74) is 10.9. The minimum Gasteiger partial charge on any atom is -0.383 e. The number of amides is 1. The highest BCUT2D eigenvalue weighted by atomic mass is 19.1. The molecule has 0 fully saturated rings. The second-order valence-corrected chi connectivity index (χ2v) is 8.84. The van der Waals surface area contributed by atoms with Gasteiger partial charge in [-0.15, -0.1) is 0 Å². The van der Waals surface area contributed by atoms with Crippen molar-refractivity contribution in [1.82, 2.24) is 10.4 Å². The molecule has 0 aromatic heterocycles. The molecule has 0 saturated heterocycles. The summed E-state index contributed by atoms with van der Waals surface area (Å²) in [5.74, 6) is -1.61. The maximum absolute atomic E-state index is 13.6. The van der Waals surface area contributed by atoms with Gasteiger partial charge in [0.1, 0.15) is 11.6 Å². The number of nitrogens with one attached hydrogen (secondary N) is 1. The number of hydrazine groups is 1. The standard InChI is InChI=1S/C25H23FN4O2/c1-25(2)12-19-22(20(31)13-25)21(15-8-10-17(26)11-9-15)18(14-27)23(28)30(19)29-24(32)16-6-4-3-5-7-16/h3-11,21H,12-13,28H2,1-2H3,(H,29,32). The molecular weight excluding hydrogens is 407 g/mol. The fourth-order valence-corrected chi connectivity index (χ4v) is 4.38. The molecule has 0 saturated carbocycles. The van der Waals surface area contributed by atoms with Gasteiger partial charge in [0.05, 0.1) is 23.3 Å². The van der Waals surface area contributed by atoms with Gasteiger partial charge in [0.2, 0.25) is 0 Å². The van der Waals surface area contributed by atoms with Crippen LogP contribution in [0.15, 0.2) is 77.3 Å². The number of hydrogen-bond acceptors (Lipinski definition) is 5. The smallest absolute Gasteiger partial charge is 0.270 e. The third kappa shape index (κ3) is 3.76. The summed E-state index contributed by atoms with van der Waals surface area (Å²) < 4.78 is 13.6. The first-order chi connectivity index (χ1) is 15.2. The summed E-state index contributed by atoms with van der Waals surface area (Å²) >= 11 is 0. The molecule has 6 nitrogen and oxygen atoms in total. The van der Waals surface area contributed by atoms with Gasteiger partial charge in [0.25, 0.3) is 5.91 Å². The van der Waals surface area contributed by atoms with E-state index in [-0.39, 0.29) is 22.6 Å². The Hall–Kier alpha value is -3.92. The molecule has 3 N–H and O–H groups in total. The van der Waals surface area contributed by atoms with Crippen molar-refractivity contribution >= 4 is 11.7 Å². The SMILES string of the molecule is CC1(C)CC(=O)C2=C(C1)N(NC(=O)c1ccccc1)C(N)=C(C#N)C2c1ccc(F)cc1. The molecule has 1 heterocycles. The molecule has 1 unspecified atom stereocenters. The molecule has 2 aromatic rings. The largest absolute Gasteiger partial charge is 0.383 e. The van der Waals surface area contributed by atoms with Crippen molar-refractivity contribution in [3.8, 4) is 6.07 Å². The Morgan fingerprint density at radius 2 is 1.81 bits per heavy atom. The Balaban J connectivity index is 1.86. The summed E-state index contributed by atoms with van der Waals surface area (Å²) in [6.07, 6.45) is 0.767. The van der Waals surface area contributed by atoms with Crippen LogP contribution in [0.5, 0.6) is 0 Å². The molecule has 162 valence electrons.